The molecule has 0 aliphatic heterocycles. The van der Waals surface area contributed by atoms with E-state index in [1.165, 1.54) is 36.5 Å². The zero-order valence-corrected chi connectivity index (χ0v) is 15.7. The minimum absolute atomic E-state index is 0.0107. The molecule has 146 valence electrons. The summed E-state index contributed by atoms with van der Waals surface area (Å²) in [5, 5.41) is 7.82. The fourth-order valence-corrected chi connectivity index (χ4v) is 2.62. The first kappa shape index (κ1) is 20.7. The third-order valence-electron chi connectivity index (χ3n) is 3.36. The number of carbonyl (C=O) groups is 1. The van der Waals surface area contributed by atoms with Crippen molar-refractivity contribution in [1.82, 2.24) is 19.1 Å². The Morgan fingerprint density at radius 3 is 2.74 bits per heavy atom. The molecule has 0 aliphatic rings. The highest BCUT2D eigenvalue weighted by atomic mass is 32.2. The smallest absolute Gasteiger partial charge is 0.297 e. The summed E-state index contributed by atoms with van der Waals surface area (Å²) in [6, 6.07) is 4.67. The van der Waals surface area contributed by atoms with Crippen LogP contribution in [0.1, 0.15) is 19.4 Å². The van der Waals surface area contributed by atoms with Crippen molar-refractivity contribution in [1.29, 1.82) is 0 Å². The van der Waals surface area contributed by atoms with Gasteiger partial charge in [0.1, 0.15) is 12.7 Å². The predicted molar refractivity (Wildman–Crippen MR) is 93.8 cm³/mol. The van der Waals surface area contributed by atoms with Crippen LogP contribution in [-0.4, -0.2) is 37.9 Å². The molecule has 0 unspecified atom stereocenters. The third-order valence-corrected chi connectivity index (χ3v) is 4.25. The zero-order chi connectivity index (χ0) is 20.0. The number of hydrogen-bond donors (Lipinski definition) is 0. The van der Waals surface area contributed by atoms with Crippen molar-refractivity contribution in [3.05, 3.63) is 42.5 Å². The SMILES string of the molecule is CC(C)C(Cn1cncn1)=NOC(=O)N(C)Sc1cccc(C(F)(F)F)c1. The molecule has 0 bridgehead atoms. The van der Waals surface area contributed by atoms with Crippen molar-refractivity contribution in [2.24, 2.45) is 11.1 Å². The summed E-state index contributed by atoms with van der Waals surface area (Å²) >= 11 is 0.809. The minimum atomic E-state index is -4.45. The van der Waals surface area contributed by atoms with E-state index in [9.17, 15) is 18.0 Å². The van der Waals surface area contributed by atoms with Gasteiger partial charge in [-0.3, -0.25) is 4.84 Å². The Balaban J connectivity index is 2.00. The minimum Gasteiger partial charge on any atom is -0.297 e. The molecule has 11 heteroatoms. The molecule has 2 aromatic rings. The van der Waals surface area contributed by atoms with E-state index in [4.69, 9.17) is 4.84 Å². The van der Waals surface area contributed by atoms with Gasteiger partial charge >= 0.3 is 12.3 Å². The first-order chi connectivity index (χ1) is 12.7. The van der Waals surface area contributed by atoms with E-state index in [0.717, 1.165) is 28.4 Å². The van der Waals surface area contributed by atoms with Crippen LogP contribution in [0.2, 0.25) is 0 Å². The molecular weight excluding hydrogens is 383 g/mol. The first-order valence-corrected chi connectivity index (χ1v) is 8.63. The van der Waals surface area contributed by atoms with Gasteiger partial charge in [0.15, 0.2) is 0 Å². The molecule has 0 saturated heterocycles. The Bertz CT molecular complexity index is 794. The lowest BCUT2D eigenvalue weighted by atomic mass is 10.1. The number of oxime groups is 1. The molecule has 1 heterocycles. The van der Waals surface area contributed by atoms with Crippen molar-refractivity contribution < 1.29 is 22.8 Å². The zero-order valence-electron chi connectivity index (χ0n) is 14.8. The Kier molecular flexibility index (Phi) is 6.83. The number of nitrogens with zero attached hydrogens (tertiary/aromatic N) is 5. The van der Waals surface area contributed by atoms with Crippen LogP contribution in [0, 0.1) is 5.92 Å². The number of amides is 1. The van der Waals surface area contributed by atoms with E-state index in [-0.39, 0.29) is 10.8 Å². The number of halogens is 3. The highest BCUT2D eigenvalue weighted by molar-refractivity contribution is 7.97. The Labute approximate surface area is 158 Å². The lowest BCUT2D eigenvalue weighted by Crippen LogP contribution is -2.22. The lowest BCUT2D eigenvalue weighted by molar-refractivity contribution is -0.137. The van der Waals surface area contributed by atoms with E-state index in [1.54, 1.807) is 0 Å². The van der Waals surface area contributed by atoms with Gasteiger partial charge in [0.2, 0.25) is 0 Å². The van der Waals surface area contributed by atoms with E-state index in [2.05, 4.69) is 15.2 Å². The van der Waals surface area contributed by atoms with Crippen molar-refractivity contribution >= 4 is 23.8 Å². The fraction of sp³-hybridized carbons (Fsp3) is 0.375. The fourth-order valence-electron chi connectivity index (χ4n) is 1.88. The van der Waals surface area contributed by atoms with Gasteiger partial charge in [0.25, 0.3) is 0 Å². The summed E-state index contributed by atoms with van der Waals surface area (Å²) < 4.78 is 40.9. The maximum atomic E-state index is 12.8. The monoisotopic (exact) mass is 401 g/mol. The van der Waals surface area contributed by atoms with Crippen molar-refractivity contribution in [2.75, 3.05) is 7.05 Å². The molecule has 0 aliphatic carbocycles. The predicted octanol–water partition coefficient (Wildman–Crippen LogP) is 4.08. The third kappa shape index (κ3) is 6.27. The van der Waals surface area contributed by atoms with Crippen molar-refractivity contribution in [2.45, 2.75) is 31.5 Å². The Hall–Kier alpha value is -2.56. The molecule has 2 rings (SSSR count). The van der Waals surface area contributed by atoms with Gasteiger partial charge in [0, 0.05) is 11.9 Å². The summed E-state index contributed by atoms with van der Waals surface area (Å²) in [6.45, 7) is 4.06. The van der Waals surface area contributed by atoms with Crippen LogP contribution in [0.3, 0.4) is 0 Å². The lowest BCUT2D eigenvalue weighted by Gasteiger charge is -2.15. The van der Waals surface area contributed by atoms with Gasteiger partial charge in [-0.05, 0) is 36.1 Å². The molecule has 7 nitrogen and oxygen atoms in total. The molecule has 27 heavy (non-hydrogen) atoms. The number of rotatable bonds is 6. The first-order valence-electron chi connectivity index (χ1n) is 7.86. The highest BCUT2D eigenvalue weighted by Crippen LogP contribution is 2.32. The molecule has 1 aromatic heterocycles. The summed E-state index contributed by atoms with van der Waals surface area (Å²) in [5.41, 5.74) is -0.228. The highest BCUT2D eigenvalue weighted by Gasteiger charge is 2.30. The second-order valence-electron chi connectivity index (χ2n) is 5.80. The van der Waals surface area contributed by atoms with Crippen LogP contribution in [0.25, 0.3) is 0 Å². The van der Waals surface area contributed by atoms with E-state index in [0.29, 0.717) is 12.3 Å². The number of benzene rings is 1. The standard InChI is InChI=1S/C16H18F3N5O2S/c1-11(2)14(8-24-10-20-9-21-24)22-26-15(25)23(3)27-13-6-4-5-12(7-13)16(17,18)19/h4-7,9-11H,8H2,1-3H3. The molecule has 0 atom stereocenters. The maximum Gasteiger partial charge on any atom is 0.446 e. The van der Waals surface area contributed by atoms with Crippen LogP contribution in [-0.2, 0) is 17.6 Å². The quantitative estimate of drug-likeness (QED) is 0.316. The van der Waals surface area contributed by atoms with Crippen LogP contribution in [0.15, 0.2) is 47.0 Å². The van der Waals surface area contributed by atoms with Gasteiger partial charge in [0.05, 0.1) is 17.8 Å². The normalized spacial score (nSPS) is 12.3. The maximum absolute atomic E-state index is 12.8. The number of alkyl halides is 3. The van der Waals surface area contributed by atoms with Crippen molar-refractivity contribution in [3.8, 4) is 0 Å². The van der Waals surface area contributed by atoms with Crippen LogP contribution >= 0.6 is 11.9 Å². The average molecular weight is 401 g/mol. The topological polar surface area (TPSA) is 72.6 Å². The van der Waals surface area contributed by atoms with Gasteiger partial charge in [-0.1, -0.05) is 25.1 Å². The summed E-state index contributed by atoms with van der Waals surface area (Å²) in [5.74, 6) is -0.0107. The largest absolute Gasteiger partial charge is 0.446 e. The Morgan fingerprint density at radius 1 is 1.41 bits per heavy atom. The van der Waals surface area contributed by atoms with Gasteiger partial charge in [-0.15, -0.1) is 0 Å². The van der Waals surface area contributed by atoms with Crippen LogP contribution in [0.4, 0.5) is 18.0 Å². The van der Waals surface area contributed by atoms with Gasteiger partial charge in [-0.25, -0.2) is 18.8 Å². The molecule has 1 aromatic carbocycles. The summed E-state index contributed by atoms with van der Waals surface area (Å²) in [7, 11) is 1.38. The second-order valence-corrected chi connectivity index (χ2v) is 7.00. The van der Waals surface area contributed by atoms with E-state index >= 15 is 0 Å². The van der Waals surface area contributed by atoms with Crippen LogP contribution in [0.5, 0.6) is 0 Å². The van der Waals surface area contributed by atoms with Crippen molar-refractivity contribution in [3.63, 3.8) is 0 Å². The molecule has 1 amide bonds. The molecule has 0 fully saturated rings. The van der Waals surface area contributed by atoms with Gasteiger partial charge in [-0.2, -0.15) is 18.3 Å². The summed E-state index contributed by atoms with van der Waals surface area (Å²) in [4.78, 5) is 21.1. The van der Waals surface area contributed by atoms with E-state index < -0.39 is 17.8 Å². The summed E-state index contributed by atoms with van der Waals surface area (Å²) in [6.07, 6.45) is -2.37. The number of aromatic nitrogens is 3. The molecule has 0 radical (unpaired) electrons. The number of carbonyl (C=O) groups excluding carboxylic acids is 1. The van der Waals surface area contributed by atoms with Gasteiger partial charge < -0.3 is 0 Å². The second kappa shape index (κ2) is 8.89. The molecule has 0 N–H and O–H groups in total. The average Bonchev–Trinajstić information content (AvgIpc) is 3.10. The Morgan fingerprint density at radius 2 is 2.15 bits per heavy atom. The number of hydrogen-bond acceptors (Lipinski definition) is 6. The van der Waals surface area contributed by atoms with E-state index in [1.807, 2.05) is 13.8 Å². The van der Waals surface area contributed by atoms with Crippen LogP contribution < -0.4 is 0 Å². The molecule has 0 saturated carbocycles. The molecule has 0 spiro atoms. The molecular formula is C16H18F3N5O2S.